The van der Waals surface area contributed by atoms with Gasteiger partial charge in [-0.15, -0.1) is 5.11 Å². The molecule has 224 valence electrons. The van der Waals surface area contributed by atoms with Gasteiger partial charge in [-0.05, 0) is 42.5 Å². The van der Waals surface area contributed by atoms with E-state index >= 15 is 0 Å². The Labute approximate surface area is 312 Å². The Morgan fingerprint density at radius 2 is 1.19 bits per heavy atom. The molecule has 0 heterocycles. The summed E-state index contributed by atoms with van der Waals surface area (Å²) in [6.07, 6.45) is 0. The van der Waals surface area contributed by atoms with Crippen LogP contribution in [-0.2, 0) is 53.6 Å². The number of anilines is 1. The van der Waals surface area contributed by atoms with Crippen LogP contribution in [0.5, 0.6) is 0 Å². The van der Waals surface area contributed by atoms with E-state index in [1.165, 1.54) is 47.4 Å². The normalized spacial score (nSPS) is 12.5. The topological polar surface area (TPSA) is 253 Å². The molecule has 3 N–H and O–H groups in total. The number of rotatable bonds is 16. The Hall–Kier alpha value is 0.326. The average Bonchev–Trinajstić information content (AvgIpc) is 2.80. The molecule has 0 unspecified atom stereocenters. The zero-order valence-electron chi connectivity index (χ0n) is 22.0. The van der Waals surface area contributed by atoms with Crippen LogP contribution in [0.2, 0.25) is 5.02 Å². The van der Waals surface area contributed by atoms with E-state index in [1.807, 2.05) is 0 Å². The summed E-state index contributed by atoms with van der Waals surface area (Å²) in [4.78, 5) is 1.22. The summed E-state index contributed by atoms with van der Waals surface area (Å²) in [7, 11) is -18.2. The molecular formula is C18H22ClKN3NaO14S4+2. The largest absolute Gasteiger partial charge is 1.00 e. The van der Waals surface area contributed by atoms with Crippen LogP contribution in [0.25, 0.3) is 0 Å². The second-order valence-electron chi connectivity index (χ2n) is 7.38. The van der Waals surface area contributed by atoms with E-state index in [-0.39, 0.29) is 115 Å². The van der Waals surface area contributed by atoms with Gasteiger partial charge in [0.15, 0.2) is 9.84 Å². The van der Waals surface area contributed by atoms with E-state index in [4.69, 9.17) is 25.3 Å². The maximum atomic E-state index is 12.2. The van der Waals surface area contributed by atoms with Gasteiger partial charge in [-0.2, -0.15) is 30.4 Å². The monoisotopic (exact) mass is 729 g/mol. The predicted octanol–water partition coefficient (Wildman–Crippen LogP) is -4.20. The van der Waals surface area contributed by atoms with Gasteiger partial charge in [-0.3, -0.25) is 13.7 Å². The van der Waals surface area contributed by atoms with E-state index in [9.17, 15) is 33.7 Å². The zero-order chi connectivity index (χ0) is 30.2. The molecule has 0 aliphatic rings. The van der Waals surface area contributed by atoms with Gasteiger partial charge in [0.2, 0.25) is 0 Å². The summed E-state index contributed by atoms with van der Waals surface area (Å²) < 4.78 is 127. The van der Waals surface area contributed by atoms with Crippen molar-refractivity contribution in [1.82, 2.24) is 0 Å². The first-order chi connectivity index (χ1) is 18.3. The third kappa shape index (κ3) is 17.1. The van der Waals surface area contributed by atoms with Gasteiger partial charge in [-0.25, -0.2) is 21.0 Å². The number of azo groups is 1. The summed E-state index contributed by atoms with van der Waals surface area (Å²) in [5.74, 6) is -0.712. The molecule has 0 fully saturated rings. The Balaban J connectivity index is 0.00000840. The fourth-order valence-corrected chi connectivity index (χ4v) is 5.12. The Morgan fingerprint density at radius 1 is 0.714 bits per heavy atom. The number of hydrogen-bond acceptors (Lipinski definition) is 14. The molecule has 0 aliphatic carbocycles. The quantitative estimate of drug-likeness (QED) is 0.0841. The van der Waals surface area contributed by atoms with Gasteiger partial charge in [0.1, 0.15) is 5.69 Å². The maximum Gasteiger partial charge on any atom is 1.00 e. The van der Waals surface area contributed by atoms with E-state index in [0.717, 1.165) is 0 Å². The number of hydrogen-bond donors (Lipinski definition) is 3. The molecule has 0 bridgehead atoms. The number of benzene rings is 2. The van der Waals surface area contributed by atoms with Crippen LogP contribution < -0.4 is 85.8 Å². The van der Waals surface area contributed by atoms with Gasteiger partial charge < -0.3 is 4.90 Å². The first-order valence-corrected chi connectivity index (χ1v) is 16.6. The molecule has 24 heteroatoms. The predicted molar refractivity (Wildman–Crippen MR) is 139 cm³/mol. The minimum absolute atomic E-state index is 0. The van der Waals surface area contributed by atoms with Gasteiger partial charge in [0.25, 0.3) is 0 Å². The van der Waals surface area contributed by atoms with E-state index in [2.05, 4.69) is 22.8 Å². The SMILES string of the molecule is O=S(=O)(O)OCCN(CCOS(=O)(=O)O)c1ccc(N=Nc2ccc(S(=O)(=O)CCOS(=O)(=O)O)cc2)c(Cl)c1.[K+].[Na+]. The van der Waals surface area contributed by atoms with Crippen molar-refractivity contribution in [3.8, 4) is 0 Å². The summed E-state index contributed by atoms with van der Waals surface area (Å²) in [5.41, 5.74) is 0.710. The third-order valence-corrected chi connectivity index (χ3v) is 7.93. The molecular weight excluding hydrogens is 708 g/mol. The van der Waals surface area contributed by atoms with Crippen LogP contribution in [0, 0.1) is 0 Å². The van der Waals surface area contributed by atoms with Crippen molar-refractivity contribution >= 4 is 69.7 Å². The van der Waals surface area contributed by atoms with Crippen molar-refractivity contribution in [2.45, 2.75) is 4.90 Å². The molecule has 2 aromatic rings. The molecule has 0 saturated carbocycles. The van der Waals surface area contributed by atoms with Crippen molar-refractivity contribution in [2.75, 3.05) is 43.6 Å². The Morgan fingerprint density at radius 3 is 1.64 bits per heavy atom. The molecule has 0 spiro atoms. The van der Waals surface area contributed by atoms with Gasteiger partial charge in [0.05, 0.1) is 41.2 Å². The first-order valence-electron chi connectivity index (χ1n) is 10.5. The molecule has 0 radical (unpaired) electrons. The van der Waals surface area contributed by atoms with E-state index in [1.54, 1.807) is 0 Å². The molecule has 2 aromatic carbocycles. The molecule has 42 heavy (non-hydrogen) atoms. The summed E-state index contributed by atoms with van der Waals surface area (Å²) >= 11 is 6.25. The van der Waals surface area contributed by atoms with Gasteiger partial charge in [0, 0.05) is 18.8 Å². The second kappa shape index (κ2) is 18.5. The van der Waals surface area contributed by atoms with Crippen LogP contribution in [0.15, 0.2) is 57.6 Å². The molecule has 17 nitrogen and oxygen atoms in total. The van der Waals surface area contributed by atoms with Crippen LogP contribution in [-0.4, -0.2) is 86.0 Å². The van der Waals surface area contributed by atoms with Crippen LogP contribution in [0.1, 0.15) is 0 Å². The van der Waals surface area contributed by atoms with Crippen LogP contribution in [0.3, 0.4) is 0 Å². The second-order valence-corrected chi connectivity index (χ2v) is 13.2. The number of nitrogens with zero attached hydrogens (tertiary/aromatic N) is 3. The van der Waals surface area contributed by atoms with Crippen molar-refractivity contribution in [1.29, 1.82) is 0 Å². The molecule has 0 saturated heterocycles. The molecule has 0 amide bonds. The van der Waals surface area contributed by atoms with Crippen LogP contribution in [0.4, 0.5) is 17.1 Å². The Kier molecular flexibility index (Phi) is 18.6. The summed E-state index contributed by atoms with van der Waals surface area (Å²) in [5, 5.41) is 7.97. The molecule has 2 rings (SSSR count). The minimum Gasteiger partial charge on any atom is -0.367 e. The van der Waals surface area contributed by atoms with Crippen molar-refractivity contribution in [2.24, 2.45) is 10.2 Å². The maximum absolute atomic E-state index is 12.2. The number of sulfone groups is 1. The number of halogens is 1. The fourth-order valence-electron chi connectivity index (χ4n) is 2.85. The molecule has 0 atom stereocenters. The van der Waals surface area contributed by atoms with E-state index in [0.29, 0.717) is 5.69 Å². The molecule has 0 aromatic heterocycles. The standard InChI is InChI=1S/C18H22ClN3O14S4.K.Na/c19-17-13-15(22(7-9-34-38(25,26)27)8-10-35-39(28,29)30)3-6-18(17)21-20-14-1-4-16(5-2-14)37(23,24)12-11-36-40(31,32)33;;/h1-6,13H,7-12H2,(H,25,26,27)(H,28,29,30)(H,31,32,33);;/q;2*+1. The average molecular weight is 730 g/mol. The van der Waals surface area contributed by atoms with Crippen molar-refractivity contribution in [3.63, 3.8) is 0 Å². The Bertz CT molecular complexity index is 1600. The zero-order valence-corrected chi connectivity index (χ0v) is 31.1. The van der Waals surface area contributed by atoms with E-state index < -0.39 is 66.6 Å². The van der Waals surface area contributed by atoms with Gasteiger partial charge >= 0.3 is 112 Å². The summed E-state index contributed by atoms with van der Waals surface area (Å²) in [6.45, 7) is -2.19. The van der Waals surface area contributed by atoms with Crippen molar-refractivity contribution in [3.05, 3.63) is 47.5 Å². The fraction of sp³-hybridized carbons (Fsp3) is 0.333. The first kappa shape index (κ1) is 42.3. The van der Waals surface area contributed by atoms with Gasteiger partial charge in [-0.1, -0.05) is 11.6 Å². The third-order valence-electron chi connectivity index (χ3n) is 4.54. The van der Waals surface area contributed by atoms with Crippen LogP contribution >= 0.6 is 11.6 Å². The molecule has 0 aliphatic heterocycles. The summed E-state index contributed by atoms with van der Waals surface area (Å²) in [6, 6.07) is 9.27. The minimum atomic E-state index is -4.78. The van der Waals surface area contributed by atoms with Crippen molar-refractivity contribution < 1.29 is 141 Å². The smallest absolute Gasteiger partial charge is 0.367 e.